The fraction of sp³-hybridized carbons (Fsp3) is 0.0952. The van der Waals surface area contributed by atoms with E-state index in [0.717, 1.165) is 34.1 Å². The van der Waals surface area contributed by atoms with E-state index in [4.69, 9.17) is 17.3 Å². The lowest BCUT2D eigenvalue weighted by Gasteiger charge is -2.12. The second-order valence-electron chi connectivity index (χ2n) is 6.49. The number of aryl methyl sites for hydroxylation is 1. The molecule has 3 aromatic heterocycles. The van der Waals surface area contributed by atoms with E-state index in [1.807, 2.05) is 18.2 Å². The zero-order chi connectivity index (χ0) is 20.2. The highest BCUT2D eigenvalue weighted by Gasteiger charge is 2.08. The highest BCUT2D eigenvalue weighted by molar-refractivity contribution is 6.30. The Balaban J connectivity index is 1.58. The zero-order valence-corrected chi connectivity index (χ0v) is 16.4. The molecule has 0 aliphatic carbocycles. The molecule has 29 heavy (non-hydrogen) atoms. The van der Waals surface area contributed by atoms with Crippen molar-refractivity contribution in [3.05, 3.63) is 77.0 Å². The Bertz CT molecular complexity index is 1210. The third-order valence-corrected chi connectivity index (χ3v) is 4.71. The van der Waals surface area contributed by atoms with Crippen LogP contribution in [0, 0.1) is 6.92 Å². The number of nitrogens with two attached hydrogens (primary N) is 1. The van der Waals surface area contributed by atoms with Crippen LogP contribution in [0.3, 0.4) is 0 Å². The van der Waals surface area contributed by atoms with Crippen molar-refractivity contribution in [3.63, 3.8) is 0 Å². The number of aromatic nitrogens is 4. The van der Waals surface area contributed by atoms with Gasteiger partial charge in [-0.2, -0.15) is 0 Å². The van der Waals surface area contributed by atoms with Crippen LogP contribution in [0.2, 0.25) is 5.15 Å². The molecule has 8 heteroatoms. The minimum absolute atomic E-state index is 0.401. The molecule has 0 amide bonds. The summed E-state index contributed by atoms with van der Waals surface area (Å²) >= 11 is 6.03. The number of hydrogen-bond donors (Lipinski definition) is 2. The molecule has 0 radical (unpaired) electrons. The van der Waals surface area contributed by atoms with Crippen molar-refractivity contribution in [2.45, 2.75) is 13.3 Å². The van der Waals surface area contributed by atoms with Crippen LogP contribution in [0.25, 0.3) is 10.9 Å². The lowest BCUT2D eigenvalue weighted by Crippen LogP contribution is -1.99. The molecular formula is C21H18ClN7. The summed E-state index contributed by atoms with van der Waals surface area (Å²) in [6.07, 6.45) is 6.91. The second kappa shape index (κ2) is 8.20. The predicted molar refractivity (Wildman–Crippen MR) is 116 cm³/mol. The van der Waals surface area contributed by atoms with Gasteiger partial charge in [0.15, 0.2) is 5.82 Å². The molecule has 0 aliphatic rings. The summed E-state index contributed by atoms with van der Waals surface area (Å²) in [6.45, 7) is 2.08. The lowest BCUT2D eigenvalue weighted by molar-refractivity contribution is 1.13. The number of fused-ring (bicyclic) bond motifs is 1. The number of halogens is 1. The van der Waals surface area contributed by atoms with Crippen LogP contribution in [0.1, 0.15) is 16.7 Å². The fourth-order valence-electron chi connectivity index (χ4n) is 3.08. The van der Waals surface area contributed by atoms with Crippen LogP contribution >= 0.6 is 11.6 Å². The minimum Gasteiger partial charge on any atom is -0.390 e. The first-order chi connectivity index (χ1) is 14.1. The van der Waals surface area contributed by atoms with Gasteiger partial charge in [-0.15, -0.1) is 0 Å². The maximum atomic E-state index is 6.03. The van der Waals surface area contributed by atoms with Crippen molar-refractivity contribution in [2.75, 3.05) is 5.32 Å². The Morgan fingerprint density at radius 1 is 1.10 bits per heavy atom. The van der Waals surface area contributed by atoms with Gasteiger partial charge in [0, 0.05) is 17.3 Å². The molecule has 4 aromatic rings. The van der Waals surface area contributed by atoms with E-state index < -0.39 is 0 Å². The predicted octanol–water partition coefficient (Wildman–Crippen LogP) is 4.33. The summed E-state index contributed by atoms with van der Waals surface area (Å²) in [7, 11) is 0. The first-order valence-electron chi connectivity index (χ1n) is 8.94. The number of anilines is 2. The van der Waals surface area contributed by atoms with Crippen LogP contribution in [0.5, 0.6) is 0 Å². The van der Waals surface area contributed by atoms with Gasteiger partial charge in [-0.25, -0.2) is 24.9 Å². The van der Waals surface area contributed by atoms with E-state index in [-0.39, 0.29) is 0 Å². The van der Waals surface area contributed by atoms with E-state index in [1.54, 1.807) is 18.5 Å². The standard InChI is InChI=1S/C21H18ClN7/c1-13-6-16(29-21-17-9-19(22)25-10-18(17)27-12-28-21)3-2-15(13)7-14-4-5-24-20(8-14)26-11-23/h2-6,8-12H,7H2,1H3,(H2,23,24,26)(H,27,28,29). The highest BCUT2D eigenvalue weighted by Crippen LogP contribution is 2.26. The molecule has 0 spiro atoms. The minimum atomic E-state index is 0.401. The van der Waals surface area contributed by atoms with Gasteiger partial charge >= 0.3 is 0 Å². The van der Waals surface area contributed by atoms with Gasteiger partial charge < -0.3 is 11.1 Å². The van der Waals surface area contributed by atoms with Crippen LogP contribution < -0.4 is 11.1 Å². The van der Waals surface area contributed by atoms with Gasteiger partial charge in [-0.05, 0) is 60.4 Å². The number of aliphatic imine (C=N–C) groups is 1. The maximum absolute atomic E-state index is 6.03. The van der Waals surface area contributed by atoms with Crippen LogP contribution in [0.15, 0.2) is 60.1 Å². The van der Waals surface area contributed by atoms with Crippen LogP contribution in [0.4, 0.5) is 17.3 Å². The monoisotopic (exact) mass is 403 g/mol. The van der Waals surface area contributed by atoms with Crippen molar-refractivity contribution < 1.29 is 0 Å². The quantitative estimate of drug-likeness (QED) is 0.292. The summed E-state index contributed by atoms with van der Waals surface area (Å²) in [5.74, 6) is 1.29. The van der Waals surface area contributed by atoms with E-state index >= 15 is 0 Å². The Labute approximate surface area is 172 Å². The van der Waals surface area contributed by atoms with Crippen molar-refractivity contribution in [2.24, 2.45) is 10.7 Å². The van der Waals surface area contributed by atoms with E-state index in [1.165, 1.54) is 18.2 Å². The second-order valence-corrected chi connectivity index (χ2v) is 6.88. The molecule has 0 saturated heterocycles. The van der Waals surface area contributed by atoms with Gasteiger partial charge in [-0.1, -0.05) is 17.7 Å². The van der Waals surface area contributed by atoms with Gasteiger partial charge in [0.25, 0.3) is 0 Å². The highest BCUT2D eigenvalue weighted by atomic mass is 35.5. The van der Waals surface area contributed by atoms with E-state index in [9.17, 15) is 0 Å². The van der Waals surface area contributed by atoms with Crippen LogP contribution in [-0.4, -0.2) is 26.3 Å². The van der Waals surface area contributed by atoms with Crippen molar-refractivity contribution in [3.8, 4) is 0 Å². The molecular weight excluding hydrogens is 386 g/mol. The molecule has 0 atom stereocenters. The molecule has 3 heterocycles. The lowest BCUT2D eigenvalue weighted by atomic mass is 10.0. The van der Waals surface area contributed by atoms with Gasteiger partial charge in [0.1, 0.15) is 17.3 Å². The van der Waals surface area contributed by atoms with E-state index in [2.05, 4.69) is 49.3 Å². The maximum Gasteiger partial charge on any atom is 0.153 e. The Hall–Kier alpha value is -3.58. The SMILES string of the molecule is Cc1cc(Nc2ncnc3cnc(Cl)cc23)ccc1Cc1ccnc(N=CN)c1. The summed E-state index contributed by atoms with van der Waals surface area (Å²) in [4.78, 5) is 20.8. The first-order valence-corrected chi connectivity index (χ1v) is 9.32. The van der Waals surface area contributed by atoms with Crippen molar-refractivity contribution in [1.29, 1.82) is 0 Å². The molecule has 1 aromatic carbocycles. The van der Waals surface area contributed by atoms with Gasteiger partial charge in [0.2, 0.25) is 0 Å². The fourth-order valence-corrected chi connectivity index (χ4v) is 3.24. The third-order valence-electron chi connectivity index (χ3n) is 4.50. The molecule has 3 N–H and O–H groups in total. The summed E-state index contributed by atoms with van der Waals surface area (Å²) in [5, 5.41) is 4.57. The van der Waals surface area contributed by atoms with Crippen molar-refractivity contribution >= 4 is 46.2 Å². The Morgan fingerprint density at radius 3 is 2.83 bits per heavy atom. The molecule has 4 rings (SSSR count). The molecule has 0 saturated carbocycles. The van der Waals surface area contributed by atoms with Gasteiger partial charge in [-0.3, -0.25) is 0 Å². The largest absolute Gasteiger partial charge is 0.390 e. The molecule has 7 nitrogen and oxygen atoms in total. The molecule has 144 valence electrons. The molecule has 0 bridgehead atoms. The number of nitrogens with one attached hydrogen (secondary N) is 1. The number of pyridine rings is 2. The van der Waals surface area contributed by atoms with Crippen molar-refractivity contribution in [1.82, 2.24) is 19.9 Å². The average Bonchev–Trinajstić information content (AvgIpc) is 2.71. The molecule has 0 unspecified atom stereocenters. The number of rotatable bonds is 5. The molecule has 0 fully saturated rings. The summed E-state index contributed by atoms with van der Waals surface area (Å²) < 4.78 is 0. The third kappa shape index (κ3) is 4.30. The Morgan fingerprint density at radius 2 is 2.00 bits per heavy atom. The first kappa shape index (κ1) is 18.8. The zero-order valence-electron chi connectivity index (χ0n) is 15.7. The van der Waals surface area contributed by atoms with Gasteiger partial charge in [0.05, 0.1) is 18.1 Å². The topological polar surface area (TPSA) is 102 Å². The normalized spacial score (nSPS) is 11.2. The number of benzene rings is 1. The average molecular weight is 404 g/mol. The summed E-state index contributed by atoms with van der Waals surface area (Å²) in [6, 6.07) is 11.9. The molecule has 0 aliphatic heterocycles. The van der Waals surface area contributed by atoms with Crippen LogP contribution in [-0.2, 0) is 6.42 Å². The number of hydrogen-bond acceptors (Lipinski definition) is 6. The Kier molecular flexibility index (Phi) is 5.31. The number of nitrogens with zero attached hydrogens (tertiary/aromatic N) is 5. The van der Waals surface area contributed by atoms with E-state index in [0.29, 0.717) is 16.8 Å². The summed E-state index contributed by atoms with van der Waals surface area (Å²) in [5.41, 5.74) is 10.5. The smallest absolute Gasteiger partial charge is 0.153 e.